The van der Waals surface area contributed by atoms with Gasteiger partial charge in [-0.05, 0) is 30.7 Å². The number of hydrogen-bond acceptors (Lipinski definition) is 3. The molecule has 3 aromatic rings. The minimum Gasteiger partial charge on any atom is -0.297 e. The zero-order valence-electron chi connectivity index (χ0n) is 12.8. The maximum absolute atomic E-state index is 12.6. The summed E-state index contributed by atoms with van der Waals surface area (Å²) in [6.45, 7) is 0.680. The lowest BCUT2D eigenvalue weighted by atomic mass is 10.3. The van der Waals surface area contributed by atoms with Gasteiger partial charge in [-0.2, -0.15) is 0 Å². The molecule has 1 amide bonds. The van der Waals surface area contributed by atoms with Crippen molar-refractivity contribution in [3.63, 3.8) is 0 Å². The first kappa shape index (κ1) is 13.8. The lowest BCUT2D eigenvalue weighted by Gasteiger charge is -2.15. The molecule has 0 unspecified atom stereocenters. The molecule has 23 heavy (non-hydrogen) atoms. The van der Waals surface area contributed by atoms with Crippen molar-refractivity contribution in [1.82, 2.24) is 14.1 Å². The molecule has 0 N–H and O–H groups in total. The average Bonchev–Trinajstić information content (AvgIpc) is 3.11. The van der Waals surface area contributed by atoms with Gasteiger partial charge in [-0.25, -0.2) is 14.3 Å². The molecule has 0 aliphatic carbocycles. The topological polar surface area (TPSA) is 60.1 Å². The normalized spacial score (nSPS) is 14.8. The Morgan fingerprint density at radius 3 is 2.43 bits per heavy atom. The van der Waals surface area contributed by atoms with Gasteiger partial charge in [0, 0.05) is 20.0 Å². The number of aryl methyl sites for hydroxylation is 1. The van der Waals surface area contributed by atoms with Crippen LogP contribution in [0.4, 0.5) is 5.82 Å². The van der Waals surface area contributed by atoms with Gasteiger partial charge in [0.05, 0.1) is 11.0 Å². The third-order valence-corrected chi connectivity index (χ3v) is 4.26. The summed E-state index contributed by atoms with van der Waals surface area (Å²) < 4.78 is 3.18. The van der Waals surface area contributed by atoms with E-state index in [0.29, 0.717) is 24.6 Å². The van der Waals surface area contributed by atoms with Gasteiger partial charge in [-0.15, -0.1) is 0 Å². The van der Waals surface area contributed by atoms with Crippen molar-refractivity contribution < 1.29 is 4.79 Å². The highest BCUT2D eigenvalue weighted by Crippen LogP contribution is 2.21. The van der Waals surface area contributed by atoms with Crippen molar-refractivity contribution in [3.05, 3.63) is 52.9 Å². The second-order valence-corrected chi connectivity index (χ2v) is 5.67. The predicted molar refractivity (Wildman–Crippen MR) is 87.9 cm³/mol. The highest BCUT2D eigenvalue weighted by atomic mass is 16.2. The van der Waals surface area contributed by atoms with Crippen LogP contribution in [0.5, 0.6) is 0 Å². The fourth-order valence-corrected chi connectivity index (χ4v) is 3.09. The fraction of sp³-hybridized carbons (Fsp3) is 0.235. The number of imidazole rings is 1. The van der Waals surface area contributed by atoms with Crippen molar-refractivity contribution in [2.75, 3.05) is 11.4 Å². The Morgan fingerprint density at radius 2 is 1.70 bits per heavy atom. The summed E-state index contributed by atoms with van der Waals surface area (Å²) in [5, 5.41) is 0. The van der Waals surface area contributed by atoms with Gasteiger partial charge >= 0.3 is 5.69 Å². The first-order valence-corrected chi connectivity index (χ1v) is 7.61. The number of para-hydroxylation sites is 2. The van der Waals surface area contributed by atoms with E-state index in [9.17, 15) is 9.59 Å². The highest BCUT2D eigenvalue weighted by molar-refractivity contribution is 5.94. The third kappa shape index (κ3) is 2.06. The number of carbonyl (C=O) groups is 1. The summed E-state index contributed by atoms with van der Waals surface area (Å²) in [6, 6.07) is 13.0. The number of pyridine rings is 1. The maximum atomic E-state index is 12.6. The van der Waals surface area contributed by atoms with Crippen LogP contribution in [-0.4, -0.2) is 26.6 Å². The molecule has 116 valence electrons. The highest BCUT2D eigenvalue weighted by Gasteiger charge is 2.23. The minimum atomic E-state index is -0.149. The predicted octanol–water partition coefficient (Wildman–Crippen LogP) is 1.85. The largest absolute Gasteiger partial charge is 0.334 e. The standard InChI is InChI=1S/C17H16N4O2/c1-19-12-6-2-3-7-13(12)21(17(19)23)15-9-4-8-14(18-15)20-11-5-10-16(20)22/h2-4,6-9H,5,10-11H2,1H3. The summed E-state index contributed by atoms with van der Waals surface area (Å²) >= 11 is 0. The fourth-order valence-electron chi connectivity index (χ4n) is 3.09. The molecular weight excluding hydrogens is 292 g/mol. The monoisotopic (exact) mass is 308 g/mol. The van der Waals surface area contributed by atoms with Gasteiger partial charge in [0.2, 0.25) is 5.91 Å². The van der Waals surface area contributed by atoms with Crippen LogP contribution >= 0.6 is 0 Å². The molecular formula is C17H16N4O2. The van der Waals surface area contributed by atoms with Gasteiger partial charge in [-0.1, -0.05) is 18.2 Å². The lowest BCUT2D eigenvalue weighted by molar-refractivity contribution is -0.117. The molecule has 6 nitrogen and oxygen atoms in total. The molecule has 0 radical (unpaired) electrons. The van der Waals surface area contributed by atoms with Crippen molar-refractivity contribution in [1.29, 1.82) is 0 Å². The zero-order chi connectivity index (χ0) is 16.0. The maximum Gasteiger partial charge on any atom is 0.334 e. The van der Waals surface area contributed by atoms with E-state index < -0.39 is 0 Å². The number of rotatable bonds is 2. The van der Waals surface area contributed by atoms with Gasteiger partial charge in [-0.3, -0.25) is 14.3 Å². The first-order valence-electron chi connectivity index (χ1n) is 7.61. The molecule has 6 heteroatoms. The van der Waals surface area contributed by atoms with E-state index in [1.165, 1.54) is 0 Å². The number of benzene rings is 1. The average molecular weight is 308 g/mol. The van der Waals surface area contributed by atoms with Crippen LogP contribution in [-0.2, 0) is 11.8 Å². The molecule has 0 bridgehead atoms. The number of aromatic nitrogens is 3. The van der Waals surface area contributed by atoms with Crippen molar-refractivity contribution in [2.24, 2.45) is 7.05 Å². The smallest absolute Gasteiger partial charge is 0.297 e. The number of anilines is 1. The molecule has 1 aromatic carbocycles. The van der Waals surface area contributed by atoms with Crippen molar-refractivity contribution >= 4 is 22.8 Å². The molecule has 1 aliphatic rings. The SMILES string of the molecule is Cn1c(=O)n(-c2cccc(N3CCCC3=O)n2)c2ccccc21. The van der Waals surface area contributed by atoms with Crippen LogP contribution < -0.4 is 10.6 Å². The Balaban J connectivity index is 1.91. The van der Waals surface area contributed by atoms with E-state index in [4.69, 9.17) is 0 Å². The molecule has 3 heterocycles. The van der Waals surface area contributed by atoms with Gasteiger partial charge in [0.25, 0.3) is 0 Å². The number of nitrogens with zero attached hydrogens (tertiary/aromatic N) is 4. The Labute approximate surface area is 132 Å². The second kappa shape index (κ2) is 5.08. The summed E-state index contributed by atoms with van der Waals surface area (Å²) in [4.78, 5) is 30.7. The van der Waals surface area contributed by atoms with Gasteiger partial charge in [0.15, 0.2) is 0 Å². The van der Waals surface area contributed by atoms with E-state index in [0.717, 1.165) is 17.5 Å². The van der Waals surface area contributed by atoms with Crippen molar-refractivity contribution in [2.45, 2.75) is 12.8 Å². The summed E-state index contributed by atoms with van der Waals surface area (Å²) in [5.41, 5.74) is 1.50. The Kier molecular flexibility index (Phi) is 3.04. The zero-order valence-corrected chi connectivity index (χ0v) is 12.8. The number of carbonyl (C=O) groups excluding carboxylic acids is 1. The molecule has 4 rings (SSSR count). The summed E-state index contributed by atoms with van der Waals surface area (Å²) in [6.07, 6.45) is 1.40. The number of fused-ring (bicyclic) bond motifs is 1. The second-order valence-electron chi connectivity index (χ2n) is 5.67. The van der Waals surface area contributed by atoms with Crippen LogP contribution in [0.25, 0.3) is 16.9 Å². The molecule has 1 saturated heterocycles. The van der Waals surface area contributed by atoms with E-state index in [-0.39, 0.29) is 11.6 Å². The molecule has 0 atom stereocenters. The molecule has 1 fully saturated rings. The van der Waals surface area contributed by atoms with Gasteiger partial charge in [0.1, 0.15) is 11.6 Å². The quantitative estimate of drug-likeness (QED) is 0.726. The number of amides is 1. The van der Waals surface area contributed by atoms with E-state index in [2.05, 4.69) is 4.98 Å². The molecule has 0 saturated carbocycles. The molecule has 2 aromatic heterocycles. The first-order chi connectivity index (χ1) is 11.2. The molecule has 1 aliphatic heterocycles. The minimum absolute atomic E-state index is 0.0833. The summed E-state index contributed by atoms with van der Waals surface area (Å²) in [7, 11) is 1.75. The molecule has 0 spiro atoms. The Hall–Kier alpha value is -2.89. The van der Waals surface area contributed by atoms with Crippen LogP contribution in [0.15, 0.2) is 47.3 Å². The van der Waals surface area contributed by atoms with E-state index >= 15 is 0 Å². The summed E-state index contributed by atoms with van der Waals surface area (Å²) in [5.74, 6) is 1.22. The van der Waals surface area contributed by atoms with Crippen LogP contribution in [0.3, 0.4) is 0 Å². The third-order valence-electron chi connectivity index (χ3n) is 4.26. The van der Waals surface area contributed by atoms with Crippen molar-refractivity contribution in [3.8, 4) is 5.82 Å². The Bertz CT molecular complexity index is 970. The van der Waals surface area contributed by atoms with Crippen LogP contribution in [0.2, 0.25) is 0 Å². The number of hydrogen-bond donors (Lipinski definition) is 0. The van der Waals surface area contributed by atoms with Gasteiger partial charge < -0.3 is 0 Å². The van der Waals surface area contributed by atoms with Crippen LogP contribution in [0, 0.1) is 0 Å². The van der Waals surface area contributed by atoms with E-state index in [1.54, 1.807) is 27.1 Å². The Morgan fingerprint density at radius 1 is 0.957 bits per heavy atom. The van der Waals surface area contributed by atoms with E-state index in [1.807, 2.05) is 36.4 Å². The lowest BCUT2D eigenvalue weighted by Crippen LogP contribution is -2.26. The van der Waals surface area contributed by atoms with Crippen LogP contribution in [0.1, 0.15) is 12.8 Å².